The zero-order valence-electron chi connectivity index (χ0n) is 6.14. The van der Waals surface area contributed by atoms with Crippen LogP contribution in [0.2, 0.25) is 0 Å². The lowest BCUT2D eigenvalue weighted by Gasteiger charge is -2.15. The zero-order valence-corrected chi connectivity index (χ0v) is 6.14. The first kappa shape index (κ1) is 6.66. The summed E-state index contributed by atoms with van der Waals surface area (Å²) in [6.45, 7) is 1.23. The molecule has 0 N–H and O–H groups in total. The van der Waals surface area contributed by atoms with Crippen molar-refractivity contribution in [1.29, 1.82) is 0 Å². The molecule has 0 spiro atoms. The van der Waals surface area contributed by atoms with Gasteiger partial charge in [-0.1, -0.05) is 12.5 Å². The maximum absolute atomic E-state index is 2.26. The summed E-state index contributed by atoms with van der Waals surface area (Å²) in [6, 6.07) is 0. The lowest BCUT2D eigenvalue weighted by Crippen LogP contribution is -2.12. The highest BCUT2D eigenvalue weighted by molar-refractivity contribution is 4.82. The highest BCUT2D eigenvalue weighted by atomic mass is 15.1. The Labute approximate surface area is 57.4 Å². The van der Waals surface area contributed by atoms with Gasteiger partial charge in [0.2, 0.25) is 0 Å². The molecule has 0 aromatic heterocycles. The quantitative estimate of drug-likeness (QED) is 0.478. The molecule has 52 valence electrons. The molecule has 0 aliphatic carbocycles. The maximum Gasteiger partial charge on any atom is 0.0169 e. The van der Waals surface area contributed by atoms with Crippen LogP contribution in [0, 0.1) is 0 Å². The van der Waals surface area contributed by atoms with Crippen molar-refractivity contribution >= 4 is 0 Å². The van der Waals surface area contributed by atoms with Gasteiger partial charge in [0.1, 0.15) is 0 Å². The van der Waals surface area contributed by atoms with Crippen molar-refractivity contribution in [2.24, 2.45) is 0 Å². The summed E-state index contributed by atoms with van der Waals surface area (Å²) >= 11 is 0. The molecular weight excluding hydrogens is 110 g/mol. The highest BCUT2D eigenvalue weighted by Gasteiger charge is 1.94. The van der Waals surface area contributed by atoms with Gasteiger partial charge >= 0.3 is 0 Å². The topological polar surface area (TPSA) is 3.24 Å². The molecule has 9 heavy (non-hydrogen) atoms. The van der Waals surface area contributed by atoms with Gasteiger partial charge in [-0.3, -0.25) is 0 Å². The Morgan fingerprint density at radius 1 is 1.22 bits per heavy atom. The highest BCUT2D eigenvalue weighted by Crippen LogP contribution is 2.05. The van der Waals surface area contributed by atoms with Gasteiger partial charge in [0.25, 0.3) is 0 Å². The van der Waals surface area contributed by atoms with Crippen LogP contribution in [0.1, 0.15) is 25.7 Å². The van der Waals surface area contributed by atoms with Crippen LogP contribution in [-0.4, -0.2) is 18.5 Å². The predicted molar refractivity (Wildman–Crippen MR) is 40.2 cm³/mol. The Kier molecular flexibility index (Phi) is 2.62. The lowest BCUT2D eigenvalue weighted by molar-refractivity contribution is 0.422. The van der Waals surface area contributed by atoms with E-state index in [2.05, 4.69) is 24.2 Å². The summed E-state index contributed by atoms with van der Waals surface area (Å²) in [5.41, 5.74) is 0. The van der Waals surface area contributed by atoms with Gasteiger partial charge < -0.3 is 4.90 Å². The van der Waals surface area contributed by atoms with Crippen LogP contribution in [0.5, 0.6) is 0 Å². The lowest BCUT2D eigenvalue weighted by atomic mass is 10.1. The Balaban J connectivity index is 2.30. The summed E-state index contributed by atoms with van der Waals surface area (Å²) in [4.78, 5) is 2.26. The van der Waals surface area contributed by atoms with Crippen LogP contribution < -0.4 is 0 Å². The molecule has 0 fully saturated rings. The number of allylic oxidation sites excluding steroid dienone is 1. The average molecular weight is 125 g/mol. The standard InChI is InChI=1S/C8H15N/c1-9-7-5-3-2-4-6-8-9/h5,7H,2-4,6,8H2,1H3. The SMILES string of the molecule is CN1C=CCCCCC1. The number of nitrogens with zero attached hydrogens (tertiary/aromatic N) is 1. The minimum absolute atomic E-state index is 1.23. The molecule has 0 bridgehead atoms. The van der Waals surface area contributed by atoms with E-state index in [-0.39, 0.29) is 0 Å². The molecule has 1 aliphatic rings. The number of hydrogen-bond donors (Lipinski definition) is 0. The van der Waals surface area contributed by atoms with E-state index < -0.39 is 0 Å². The molecule has 1 aliphatic heterocycles. The molecule has 0 amide bonds. The summed E-state index contributed by atoms with van der Waals surface area (Å²) in [6.07, 6.45) is 9.86. The molecular formula is C8H15N. The van der Waals surface area contributed by atoms with Crippen LogP contribution in [-0.2, 0) is 0 Å². The molecule has 0 unspecified atom stereocenters. The van der Waals surface area contributed by atoms with Crippen LogP contribution >= 0.6 is 0 Å². The molecule has 0 saturated carbocycles. The molecule has 0 saturated heterocycles. The third kappa shape index (κ3) is 2.54. The first-order valence-corrected chi connectivity index (χ1v) is 3.76. The molecule has 1 heteroatoms. The van der Waals surface area contributed by atoms with Crippen molar-refractivity contribution in [3.05, 3.63) is 12.3 Å². The van der Waals surface area contributed by atoms with Crippen LogP contribution in [0.3, 0.4) is 0 Å². The molecule has 0 aromatic rings. The van der Waals surface area contributed by atoms with Crippen LogP contribution in [0.15, 0.2) is 12.3 Å². The summed E-state index contributed by atoms with van der Waals surface area (Å²) in [5.74, 6) is 0. The fourth-order valence-electron chi connectivity index (χ4n) is 1.13. The zero-order chi connectivity index (χ0) is 6.53. The van der Waals surface area contributed by atoms with Crippen molar-refractivity contribution in [1.82, 2.24) is 4.90 Å². The Morgan fingerprint density at radius 2 is 2.11 bits per heavy atom. The summed E-state index contributed by atoms with van der Waals surface area (Å²) in [5, 5.41) is 0. The first-order chi connectivity index (χ1) is 4.39. The molecule has 0 atom stereocenters. The first-order valence-electron chi connectivity index (χ1n) is 3.76. The van der Waals surface area contributed by atoms with E-state index in [0.717, 1.165) is 0 Å². The molecule has 1 heterocycles. The third-order valence-corrected chi connectivity index (χ3v) is 1.74. The van der Waals surface area contributed by atoms with E-state index in [9.17, 15) is 0 Å². The average Bonchev–Trinajstić information content (AvgIpc) is 1.79. The second-order valence-electron chi connectivity index (χ2n) is 2.71. The van der Waals surface area contributed by atoms with E-state index >= 15 is 0 Å². The Hall–Kier alpha value is -0.460. The second kappa shape index (κ2) is 3.54. The Bertz CT molecular complexity index is 96.7. The van der Waals surface area contributed by atoms with Gasteiger partial charge in [0, 0.05) is 13.6 Å². The molecule has 0 aromatic carbocycles. The largest absolute Gasteiger partial charge is 0.381 e. The van der Waals surface area contributed by atoms with Gasteiger partial charge in [-0.15, -0.1) is 0 Å². The van der Waals surface area contributed by atoms with E-state index in [1.54, 1.807) is 0 Å². The minimum Gasteiger partial charge on any atom is -0.381 e. The smallest absolute Gasteiger partial charge is 0.0169 e. The normalized spacial score (nSPS) is 21.2. The van der Waals surface area contributed by atoms with Gasteiger partial charge in [-0.05, 0) is 25.5 Å². The summed E-state index contributed by atoms with van der Waals surface area (Å²) in [7, 11) is 2.14. The second-order valence-corrected chi connectivity index (χ2v) is 2.71. The Morgan fingerprint density at radius 3 is 3.00 bits per heavy atom. The predicted octanol–water partition coefficient (Wildman–Crippen LogP) is 2.01. The number of hydrogen-bond acceptors (Lipinski definition) is 1. The molecule has 1 rings (SSSR count). The fourth-order valence-corrected chi connectivity index (χ4v) is 1.13. The maximum atomic E-state index is 2.26. The van der Waals surface area contributed by atoms with Crippen molar-refractivity contribution < 1.29 is 0 Å². The van der Waals surface area contributed by atoms with Crippen molar-refractivity contribution in [3.63, 3.8) is 0 Å². The van der Waals surface area contributed by atoms with E-state index in [0.29, 0.717) is 0 Å². The number of rotatable bonds is 0. The van der Waals surface area contributed by atoms with Gasteiger partial charge in [-0.25, -0.2) is 0 Å². The molecule has 0 radical (unpaired) electrons. The monoisotopic (exact) mass is 125 g/mol. The van der Waals surface area contributed by atoms with E-state index in [4.69, 9.17) is 0 Å². The van der Waals surface area contributed by atoms with E-state index in [1.807, 2.05) is 0 Å². The van der Waals surface area contributed by atoms with Crippen LogP contribution in [0.4, 0.5) is 0 Å². The van der Waals surface area contributed by atoms with Crippen molar-refractivity contribution in [3.8, 4) is 0 Å². The van der Waals surface area contributed by atoms with Crippen LogP contribution in [0.25, 0.3) is 0 Å². The van der Waals surface area contributed by atoms with Crippen molar-refractivity contribution in [2.45, 2.75) is 25.7 Å². The fraction of sp³-hybridized carbons (Fsp3) is 0.750. The molecule has 1 nitrogen and oxygen atoms in total. The van der Waals surface area contributed by atoms with Crippen molar-refractivity contribution in [2.75, 3.05) is 13.6 Å². The third-order valence-electron chi connectivity index (χ3n) is 1.74. The van der Waals surface area contributed by atoms with Gasteiger partial charge in [0.05, 0.1) is 0 Å². The summed E-state index contributed by atoms with van der Waals surface area (Å²) < 4.78 is 0. The van der Waals surface area contributed by atoms with Gasteiger partial charge in [0.15, 0.2) is 0 Å². The van der Waals surface area contributed by atoms with E-state index in [1.165, 1.54) is 32.2 Å². The van der Waals surface area contributed by atoms with Gasteiger partial charge in [-0.2, -0.15) is 0 Å². The minimum atomic E-state index is 1.23.